The summed E-state index contributed by atoms with van der Waals surface area (Å²) in [6.07, 6.45) is 4.19. The Hall–Kier alpha value is -1.00. The average Bonchev–Trinajstić information content (AvgIpc) is 3.18. The van der Waals surface area contributed by atoms with Crippen LogP contribution in [0.5, 0.6) is 0 Å². The summed E-state index contributed by atoms with van der Waals surface area (Å²) in [4.78, 5) is 16.4. The molecule has 108 valence electrons. The number of thiazole rings is 1. The van der Waals surface area contributed by atoms with Gasteiger partial charge in [-0.15, -0.1) is 11.8 Å². The molecule has 1 aromatic heterocycles. The minimum Gasteiger partial charge on any atom is -0.307 e. The molecule has 21 heavy (non-hydrogen) atoms. The van der Waals surface area contributed by atoms with Gasteiger partial charge in [-0.25, -0.2) is 0 Å². The third kappa shape index (κ3) is 1.75. The van der Waals surface area contributed by atoms with Gasteiger partial charge in [0, 0.05) is 16.0 Å². The molecule has 0 amide bonds. The molecule has 0 spiro atoms. The number of nitrogens with one attached hydrogen (secondary N) is 1. The number of thioether (sulfide) groups is 1. The van der Waals surface area contributed by atoms with Crippen molar-refractivity contribution < 1.29 is 0 Å². The summed E-state index contributed by atoms with van der Waals surface area (Å²) in [5.41, 5.74) is 1.40. The van der Waals surface area contributed by atoms with E-state index in [2.05, 4.69) is 35.3 Å². The molecule has 0 saturated heterocycles. The Balaban J connectivity index is 1.70. The van der Waals surface area contributed by atoms with E-state index in [1.807, 2.05) is 11.8 Å². The number of aromatic amines is 1. The van der Waals surface area contributed by atoms with Crippen LogP contribution in [0.3, 0.4) is 0 Å². The van der Waals surface area contributed by atoms with E-state index in [0.29, 0.717) is 11.2 Å². The quantitative estimate of drug-likeness (QED) is 0.860. The summed E-state index contributed by atoms with van der Waals surface area (Å²) in [6, 6.07) is 10.8. The lowest BCUT2D eigenvalue weighted by Crippen LogP contribution is -2.33. The maximum Gasteiger partial charge on any atom is 0.305 e. The van der Waals surface area contributed by atoms with Gasteiger partial charge in [0.05, 0.1) is 5.03 Å². The molecular weight excluding hydrogens is 298 g/mol. The van der Waals surface area contributed by atoms with Gasteiger partial charge in [-0.05, 0) is 42.6 Å². The van der Waals surface area contributed by atoms with Crippen LogP contribution in [-0.4, -0.2) is 10.2 Å². The SMILES string of the molecule is O=c1[nH]c2c(s1)[C@@H](c1ccccc1)[C@@H]1[C@@H]3CC[C@H](C3)[C@@H]1S2. The molecule has 2 aromatic rings. The fourth-order valence-corrected chi connectivity index (χ4v) is 7.78. The largest absolute Gasteiger partial charge is 0.307 e. The van der Waals surface area contributed by atoms with Crippen molar-refractivity contribution >= 4 is 23.1 Å². The second kappa shape index (κ2) is 4.50. The van der Waals surface area contributed by atoms with Crippen LogP contribution >= 0.6 is 23.1 Å². The lowest BCUT2D eigenvalue weighted by Gasteiger charge is -2.40. The molecule has 2 bridgehead atoms. The molecule has 2 aliphatic carbocycles. The number of aromatic nitrogens is 1. The first-order chi connectivity index (χ1) is 10.3. The number of fused-ring (bicyclic) bond motifs is 6. The van der Waals surface area contributed by atoms with Gasteiger partial charge in [-0.1, -0.05) is 41.7 Å². The van der Waals surface area contributed by atoms with Crippen LogP contribution in [0.2, 0.25) is 0 Å². The minimum atomic E-state index is 0.112. The number of H-pyrrole nitrogens is 1. The number of rotatable bonds is 1. The van der Waals surface area contributed by atoms with Gasteiger partial charge < -0.3 is 4.98 Å². The summed E-state index contributed by atoms with van der Waals surface area (Å²) in [6.45, 7) is 0. The van der Waals surface area contributed by atoms with Gasteiger partial charge >= 0.3 is 4.87 Å². The number of hydrogen-bond donors (Lipinski definition) is 1. The van der Waals surface area contributed by atoms with E-state index in [1.54, 1.807) is 0 Å². The summed E-state index contributed by atoms with van der Waals surface area (Å²) in [7, 11) is 0. The third-order valence-corrected chi connectivity index (χ3v) is 8.25. The first-order valence-electron chi connectivity index (χ1n) is 7.76. The fourth-order valence-electron chi connectivity index (χ4n) is 4.88. The smallest absolute Gasteiger partial charge is 0.305 e. The molecule has 0 radical (unpaired) electrons. The lowest BCUT2D eigenvalue weighted by atomic mass is 9.75. The van der Waals surface area contributed by atoms with Gasteiger partial charge in [0.15, 0.2) is 0 Å². The van der Waals surface area contributed by atoms with Crippen molar-refractivity contribution in [2.24, 2.45) is 17.8 Å². The van der Waals surface area contributed by atoms with Gasteiger partial charge in [-0.3, -0.25) is 4.79 Å². The topological polar surface area (TPSA) is 32.9 Å². The van der Waals surface area contributed by atoms with E-state index in [9.17, 15) is 4.79 Å². The van der Waals surface area contributed by atoms with Crippen LogP contribution in [0.15, 0.2) is 40.2 Å². The molecule has 5 rings (SSSR count). The zero-order chi connectivity index (χ0) is 14.0. The van der Waals surface area contributed by atoms with Crippen molar-refractivity contribution in [3.8, 4) is 0 Å². The minimum absolute atomic E-state index is 0.112. The van der Waals surface area contributed by atoms with Crippen LogP contribution < -0.4 is 4.87 Å². The second-order valence-electron chi connectivity index (χ2n) is 6.59. The van der Waals surface area contributed by atoms with Crippen molar-refractivity contribution in [2.75, 3.05) is 0 Å². The molecule has 1 N–H and O–H groups in total. The van der Waals surface area contributed by atoms with Crippen molar-refractivity contribution in [1.82, 2.24) is 4.98 Å². The Kier molecular flexibility index (Phi) is 2.68. The Morgan fingerprint density at radius 3 is 2.76 bits per heavy atom. The fraction of sp³-hybridized carbons (Fsp3) is 0.471. The lowest BCUT2D eigenvalue weighted by molar-refractivity contribution is 0.307. The van der Waals surface area contributed by atoms with Crippen molar-refractivity contribution in [3.05, 3.63) is 50.4 Å². The molecule has 1 aliphatic heterocycles. The second-order valence-corrected chi connectivity index (χ2v) is 8.79. The predicted molar refractivity (Wildman–Crippen MR) is 87.2 cm³/mol. The van der Waals surface area contributed by atoms with E-state index < -0.39 is 0 Å². The number of benzene rings is 1. The van der Waals surface area contributed by atoms with E-state index >= 15 is 0 Å². The molecule has 4 heteroatoms. The first kappa shape index (κ1) is 12.5. The highest BCUT2D eigenvalue weighted by atomic mass is 32.2. The molecule has 2 nitrogen and oxygen atoms in total. The monoisotopic (exact) mass is 315 g/mol. The first-order valence-corrected chi connectivity index (χ1v) is 9.45. The maximum atomic E-state index is 11.9. The summed E-state index contributed by atoms with van der Waals surface area (Å²) in [5.74, 6) is 2.90. The van der Waals surface area contributed by atoms with Crippen molar-refractivity contribution in [2.45, 2.75) is 35.5 Å². The van der Waals surface area contributed by atoms with Gasteiger partial charge in [0.2, 0.25) is 0 Å². The highest BCUT2D eigenvalue weighted by Gasteiger charge is 2.54. The molecule has 3 aliphatic rings. The molecule has 5 atom stereocenters. The van der Waals surface area contributed by atoms with E-state index in [4.69, 9.17) is 0 Å². The Labute approximate surface area is 132 Å². The van der Waals surface area contributed by atoms with Crippen molar-refractivity contribution in [1.29, 1.82) is 0 Å². The molecule has 1 aromatic carbocycles. The van der Waals surface area contributed by atoms with E-state index in [-0.39, 0.29) is 4.87 Å². The average molecular weight is 315 g/mol. The zero-order valence-electron chi connectivity index (χ0n) is 11.6. The highest BCUT2D eigenvalue weighted by molar-refractivity contribution is 8.00. The van der Waals surface area contributed by atoms with Crippen LogP contribution in [0.1, 0.15) is 35.6 Å². The standard InChI is InChI=1S/C17H17NOS2/c19-17-18-16-15(21-17)12(9-4-2-1-3-5-9)13-10-6-7-11(8-10)14(13)20-16/h1-5,10-14H,6-8H2,(H,18,19)/t10-,11-,12+,13+,14+/m1/s1. The predicted octanol–water partition coefficient (Wildman–Crippen LogP) is 4.09. The highest BCUT2D eigenvalue weighted by Crippen LogP contribution is 2.63. The molecule has 0 unspecified atom stereocenters. The Morgan fingerprint density at radius 2 is 1.90 bits per heavy atom. The third-order valence-electron chi connectivity index (χ3n) is 5.62. The molecular formula is C17H17NOS2. The van der Waals surface area contributed by atoms with E-state index in [1.165, 1.54) is 41.0 Å². The Morgan fingerprint density at radius 1 is 1.10 bits per heavy atom. The van der Waals surface area contributed by atoms with E-state index in [0.717, 1.165) is 22.8 Å². The molecule has 2 fully saturated rings. The van der Waals surface area contributed by atoms with Gasteiger partial charge in [-0.2, -0.15) is 0 Å². The Bertz CT molecular complexity index is 735. The molecule has 2 heterocycles. The molecule has 2 saturated carbocycles. The van der Waals surface area contributed by atoms with Crippen molar-refractivity contribution in [3.63, 3.8) is 0 Å². The van der Waals surface area contributed by atoms with Crippen LogP contribution in [0.4, 0.5) is 0 Å². The van der Waals surface area contributed by atoms with Crippen LogP contribution in [-0.2, 0) is 0 Å². The van der Waals surface area contributed by atoms with Crippen LogP contribution in [0.25, 0.3) is 0 Å². The van der Waals surface area contributed by atoms with Gasteiger partial charge in [0.1, 0.15) is 0 Å². The van der Waals surface area contributed by atoms with Gasteiger partial charge in [0.25, 0.3) is 0 Å². The summed E-state index contributed by atoms with van der Waals surface area (Å²) in [5, 5.41) is 1.87. The summed E-state index contributed by atoms with van der Waals surface area (Å²) < 4.78 is 0. The number of hydrogen-bond acceptors (Lipinski definition) is 3. The zero-order valence-corrected chi connectivity index (χ0v) is 13.3. The van der Waals surface area contributed by atoms with Crippen LogP contribution in [0, 0.1) is 17.8 Å². The normalized spacial score (nSPS) is 36.5. The maximum absolute atomic E-state index is 11.9. The summed E-state index contributed by atoms with van der Waals surface area (Å²) >= 11 is 3.40.